The Kier molecular flexibility index (Phi) is 10.9. The molecule has 5 N–H and O–H groups in total. The molecule has 0 aliphatic rings. The molecule has 0 saturated carbocycles. The van der Waals surface area contributed by atoms with Gasteiger partial charge in [0.2, 0.25) is 0 Å². The van der Waals surface area contributed by atoms with Gasteiger partial charge in [0.15, 0.2) is 0 Å². The van der Waals surface area contributed by atoms with Crippen LogP contribution in [0.1, 0.15) is 37.5 Å². The van der Waals surface area contributed by atoms with Gasteiger partial charge in [-0.3, -0.25) is 10.2 Å². The SMILES string of the molecule is CC.CCN(OCc1cccc(C)c1)C(=N)CNC(=O)NCc1ccc(N)cc1. The van der Waals surface area contributed by atoms with Crippen LogP contribution in [0.2, 0.25) is 0 Å². The average Bonchev–Trinajstić information content (AvgIpc) is 2.73. The van der Waals surface area contributed by atoms with Gasteiger partial charge in [-0.25, -0.2) is 9.86 Å². The van der Waals surface area contributed by atoms with Crippen LogP contribution in [0, 0.1) is 12.3 Å². The summed E-state index contributed by atoms with van der Waals surface area (Å²) in [5, 5.41) is 15.0. The van der Waals surface area contributed by atoms with Gasteiger partial charge in [0.05, 0.1) is 13.2 Å². The Morgan fingerprint density at radius 2 is 1.79 bits per heavy atom. The molecule has 0 radical (unpaired) electrons. The molecule has 7 nitrogen and oxygen atoms in total. The van der Waals surface area contributed by atoms with Crippen molar-refractivity contribution in [1.82, 2.24) is 15.7 Å². The number of rotatable bonds is 8. The largest absolute Gasteiger partial charge is 0.399 e. The number of nitrogens with zero attached hydrogens (tertiary/aromatic N) is 1. The number of hydroxylamine groups is 2. The number of nitrogens with two attached hydrogens (primary N) is 1. The first-order chi connectivity index (χ1) is 14.0. The molecule has 0 bridgehead atoms. The molecule has 29 heavy (non-hydrogen) atoms. The van der Waals surface area contributed by atoms with Crippen molar-refractivity contribution in [2.45, 2.75) is 40.8 Å². The third-order valence-corrected chi connectivity index (χ3v) is 3.91. The zero-order valence-electron chi connectivity index (χ0n) is 17.8. The van der Waals surface area contributed by atoms with E-state index in [4.69, 9.17) is 16.0 Å². The maximum absolute atomic E-state index is 11.9. The Morgan fingerprint density at radius 1 is 1.10 bits per heavy atom. The van der Waals surface area contributed by atoms with Crippen LogP contribution in [0.25, 0.3) is 0 Å². The molecule has 0 aliphatic carbocycles. The van der Waals surface area contributed by atoms with E-state index in [-0.39, 0.29) is 18.4 Å². The molecule has 2 rings (SSSR count). The third-order valence-electron chi connectivity index (χ3n) is 3.91. The summed E-state index contributed by atoms with van der Waals surface area (Å²) in [6.45, 7) is 9.28. The number of hydrogen-bond donors (Lipinski definition) is 4. The number of aryl methyl sites for hydroxylation is 1. The minimum absolute atomic E-state index is 0.0786. The normalized spacial score (nSPS) is 9.79. The fourth-order valence-corrected chi connectivity index (χ4v) is 2.45. The number of anilines is 1. The molecule has 0 fully saturated rings. The van der Waals surface area contributed by atoms with Gasteiger partial charge in [0, 0.05) is 18.8 Å². The molecule has 2 amide bonds. The lowest BCUT2D eigenvalue weighted by Gasteiger charge is -2.23. The first-order valence-corrected chi connectivity index (χ1v) is 9.87. The third kappa shape index (κ3) is 9.12. The fourth-order valence-electron chi connectivity index (χ4n) is 2.45. The molecular weight excluding hydrogens is 366 g/mol. The summed E-state index contributed by atoms with van der Waals surface area (Å²) >= 11 is 0. The minimum atomic E-state index is -0.341. The molecule has 2 aromatic rings. The second kappa shape index (κ2) is 13.2. The zero-order chi connectivity index (χ0) is 21.6. The Morgan fingerprint density at radius 3 is 2.41 bits per heavy atom. The van der Waals surface area contributed by atoms with Crippen LogP contribution in [-0.4, -0.2) is 30.0 Å². The summed E-state index contributed by atoms with van der Waals surface area (Å²) in [5.74, 6) is 0.188. The number of hydrogen-bond acceptors (Lipinski definition) is 4. The highest BCUT2D eigenvalue weighted by atomic mass is 16.7. The van der Waals surface area contributed by atoms with Gasteiger partial charge in [-0.05, 0) is 37.1 Å². The van der Waals surface area contributed by atoms with Crippen molar-refractivity contribution in [2.75, 3.05) is 18.8 Å². The van der Waals surface area contributed by atoms with E-state index >= 15 is 0 Å². The van der Waals surface area contributed by atoms with Crippen LogP contribution in [-0.2, 0) is 18.0 Å². The van der Waals surface area contributed by atoms with E-state index in [1.54, 1.807) is 12.1 Å². The molecule has 0 unspecified atom stereocenters. The maximum atomic E-state index is 11.9. The number of nitrogens with one attached hydrogen (secondary N) is 3. The Hall–Kier alpha value is -3.06. The van der Waals surface area contributed by atoms with Crippen LogP contribution in [0.4, 0.5) is 10.5 Å². The summed E-state index contributed by atoms with van der Waals surface area (Å²) in [6, 6.07) is 15.0. The molecule has 7 heteroatoms. The van der Waals surface area contributed by atoms with Crippen LogP contribution in [0.5, 0.6) is 0 Å². The van der Waals surface area contributed by atoms with E-state index < -0.39 is 0 Å². The van der Waals surface area contributed by atoms with E-state index in [0.717, 1.165) is 16.7 Å². The summed E-state index contributed by atoms with van der Waals surface area (Å²) in [7, 11) is 0. The smallest absolute Gasteiger partial charge is 0.315 e. The summed E-state index contributed by atoms with van der Waals surface area (Å²) in [5.41, 5.74) is 9.47. The number of likely N-dealkylation sites (N-methyl/N-ethyl adjacent to an activating group) is 1. The van der Waals surface area contributed by atoms with Crippen LogP contribution < -0.4 is 16.4 Å². The molecular formula is C22H33N5O2. The van der Waals surface area contributed by atoms with Gasteiger partial charge in [0.25, 0.3) is 0 Å². The summed E-state index contributed by atoms with van der Waals surface area (Å²) < 4.78 is 0. The van der Waals surface area contributed by atoms with Crippen molar-refractivity contribution >= 4 is 17.6 Å². The molecule has 0 spiro atoms. The van der Waals surface area contributed by atoms with E-state index in [1.807, 2.05) is 64.1 Å². The molecule has 0 saturated heterocycles. The van der Waals surface area contributed by atoms with E-state index in [9.17, 15) is 4.79 Å². The van der Waals surface area contributed by atoms with Crippen molar-refractivity contribution in [3.05, 3.63) is 65.2 Å². The number of benzene rings is 2. The molecule has 0 heterocycles. The standard InChI is InChI=1S/C20H27N5O2.C2H6/c1-3-25(27-14-17-6-4-5-15(2)11-17)19(22)13-24-20(26)23-12-16-7-9-18(21)10-8-16;1-2/h4-11,22H,3,12-14,21H2,1-2H3,(H2,23,24,26);1-2H3. The van der Waals surface area contributed by atoms with Crippen LogP contribution >= 0.6 is 0 Å². The first kappa shape index (κ1) is 24.0. The zero-order valence-corrected chi connectivity index (χ0v) is 17.8. The quantitative estimate of drug-likeness (QED) is 0.234. The van der Waals surface area contributed by atoms with Crippen molar-refractivity contribution < 1.29 is 9.63 Å². The minimum Gasteiger partial charge on any atom is -0.399 e. The number of urea groups is 1. The van der Waals surface area contributed by atoms with Gasteiger partial charge in [0.1, 0.15) is 5.84 Å². The van der Waals surface area contributed by atoms with Crippen molar-refractivity contribution in [3.63, 3.8) is 0 Å². The highest BCUT2D eigenvalue weighted by molar-refractivity contribution is 5.85. The lowest BCUT2D eigenvalue weighted by Crippen LogP contribution is -2.43. The molecule has 0 atom stereocenters. The average molecular weight is 400 g/mol. The topological polar surface area (TPSA) is 103 Å². The number of carbonyl (C=O) groups is 1. The Balaban J connectivity index is 0.00000204. The summed E-state index contributed by atoms with van der Waals surface area (Å²) in [6.07, 6.45) is 0. The lowest BCUT2D eigenvalue weighted by molar-refractivity contribution is -0.109. The van der Waals surface area contributed by atoms with Crippen molar-refractivity contribution in [3.8, 4) is 0 Å². The fraction of sp³-hybridized carbons (Fsp3) is 0.364. The molecule has 2 aromatic carbocycles. The van der Waals surface area contributed by atoms with Crippen molar-refractivity contribution in [1.29, 1.82) is 5.41 Å². The van der Waals surface area contributed by atoms with Gasteiger partial charge < -0.3 is 16.4 Å². The predicted molar refractivity (Wildman–Crippen MR) is 119 cm³/mol. The van der Waals surface area contributed by atoms with Crippen LogP contribution in [0.3, 0.4) is 0 Å². The second-order valence-electron chi connectivity index (χ2n) is 6.18. The van der Waals surface area contributed by atoms with Gasteiger partial charge in [-0.2, -0.15) is 0 Å². The molecule has 0 aromatic heterocycles. The Bertz CT molecular complexity index is 762. The molecule has 158 valence electrons. The molecule has 0 aliphatic heterocycles. The van der Waals surface area contributed by atoms with Gasteiger partial charge in [-0.15, -0.1) is 0 Å². The maximum Gasteiger partial charge on any atom is 0.315 e. The van der Waals surface area contributed by atoms with E-state index in [2.05, 4.69) is 10.6 Å². The van der Waals surface area contributed by atoms with Crippen LogP contribution in [0.15, 0.2) is 48.5 Å². The van der Waals surface area contributed by atoms with E-state index in [1.165, 1.54) is 5.06 Å². The summed E-state index contributed by atoms with van der Waals surface area (Å²) in [4.78, 5) is 17.6. The predicted octanol–water partition coefficient (Wildman–Crippen LogP) is 3.83. The van der Waals surface area contributed by atoms with Crippen molar-refractivity contribution in [2.24, 2.45) is 0 Å². The number of amidine groups is 1. The lowest BCUT2D eigenvalue weighted by atomic mass is 10.1. The number of nitrogen functional groups attached to an aromatic ring is 1. The van der Waals surface area contributed by atoms with E-state index in [0.29, 0.717) is 25.4 Å². The number of amides is 2. The highest BCUT2D eigenvalue weighted by Crippen LogP contribution is 2.07. The van der Waals surface area contributed by atoms with Gasteiger partial charge >= 0.3 is 6.03 Å². The highest BCUT2D eigenvalue weighted by Gasteiger charge is 2.10. The Labute approximate surface area is 173 Å². The monoisotopic (exact) mass is 399 g/mol. The first-order valence-electron chi connectivity index (χ1n) is 9.87. The van der Waals surface area contributed by atoms with Gasteiger partial charge in [-0.1, -0.05) is 55.8 Å². The second-order valence-corrected chi connectivity index (χ2v) is 6.18. The number of carbonyl (C=O) groups excluding carboxylic acids is 1.